The molecule has 2 heteroatoms. The second-order valence-electron chi connectivity index (χ2n) is 3.80. The van der Waals surface area contributed by atoms with Gasteiger partial charge in [0.05, 0.1) is 0 Å². The van der Waals surface area contributed by atoms with Crippen molar-refractivity contribution in [1.29, 1.82) is 0 Å². The number of rotatable bonds is 6. The average molecular weight is 280 g/mol. The van der Waals surface area contributed by atoms with E-state index in [0.717, 1.165) is 30.3 Å². The molecular weight excluding hydrogens is 262 g/mol. The Morgan fingerprint density at radius 3 is 2.94 bits per heavy atom. The lowest BCUT2D eigenvalue weighted by molar-refractivity contribution is 0.505. The van der Waals surface area contributed by atoms with E-state index in [2.05, 4.69) is 52.3 Å². The normalized spacial score (nSPS) is 12.1. The second-order valence-corrected chi connectivity index (χ2v) is 4.72. The van der Waals surface area contributed by atoms with E-state index in [9.17, 15) is 0 Å². The highest BCUT2D eigenvalue weighted by Gasteiger charge is 2.09. The SMILES string of the molecule is C#CCCC(NCCC)c1cccc(Br)c1. The van der Waals surface area contributed by atoms with Gasteiger partial charge in [0.2, 0.25) is 0 Å². The maximum absolute atomic E-state index is 5.33. The predicted octanol–water partition coefficient (Wildman–Crippen LogP) is 3.90. The summed E-state index contributed by atoms with van der Waals surface area (Å²) in [5, 5.41) is 3.53. The van der Waals surface area contributed by atoms with Gasteiger partial charge in [0.25, 0.3) is 0 Å². The molecule has 1 aromatic rings. The molecule has 1 aromatic carbocycles. The van der Waals surface area contributed by atoms with Gasteiger partial charge in [0, 0.05) is 16.9 Å². The Bertz CT molecular complexity index is 354. The summed E-state index contributed by atoms with van der Waals surface area (Å²) in [6, 6.07) is 8.78. The summed E-state index contributed by atoms with van der Waals surface area (Å²) in [6.07, 6.45) is 8.27. The zero-order valence-corrected chi connectivity index (χ0v) is 11.3. The van der Waals surface area contributed by atoms with Gasteiger partial charge in [0.15, 0.2) is 0 Å². The van der Waals surface area contributed by atoms with Crippen LogP contribution in [-0.2, 0) is 0 Å². The summed E-state index contributed by atoms with van der Waals surface area (Å²) in [5.41, 5.74) is 1.30. The van der Waals surface area contributed by atoms with E-state index in [1.807, 2.05) is 6.07 Å². The molecule has 1 N–H and O–H groups in total. The van der Waals surface area contributed by atoms with E-state index >= 15 is 0 Å². The quantitative estimate of drug-likeness (QED) is 0.779. The first kappa shape index (κ1) is 13.3. The fourth-order valence-corrected chi connectivity index (χ4v) is 2.07. The second kappa shape index (κ2) is 7.49. The molecule has 1 unspecified atom stereocenters. The molecule has 0 saturated heterocycles. The molecule has 1 atom stereocenters. The van der Waals surface area contributed by atoms with Gasteiger partial charge in [-0.15, -0.1) is 12.3 Å². The van der Waals surface area contributed by atoms with Crippen LogP contribution in [0.15, 0.2) is 28.7 Å². The van der Waals surface area contributed by atoms with Crippen molar-refractivity contribution in [3.8, 4) is 12.3 Å². The molecule has 0 bridgehead atoms. The minimum atomic E-state index is 0.369. The van der Waals surface area contributed by atoms with E-state index in [1.54, 1.807) is 0 Å². The van der Waals surface area contributed by atoms with Crippen LogP contribution >= 0.6 is 15.9 Å². The summed E-state index contributed by atoms with van der Waals surface area (Å²) in [7, 11) is 0. The van der Waals surface area contributed by atoms with Crippen LogP contribution in [0.1, 0.15) is 37.8 Å². The summed E-state index contributed by atoms with van der Waals surface area (Å²) < 4.78 is 1.12. The standard InChI is InChI=1S/C14H18BrN/c1-3-5-9-14(16-10-4-2)12-7-6-8-13(15)11-12/h1,6-8,11,14,16H,4-5,9-10H2,2H3. The van der Waals surface area contributed by atoms with Gasteiger partial charge in [-0.05, 0) is 37.1 Å². The van der Waals surface area contributed by atoms with Crippen molar-refractivity contribution in [3.63, 3.8) is 0 Å². The van der Waals surface area contributed by atoms with E-state index in [0.29, 0.717) is 6.04 Å². The Kier molecular flexibility index (Phi) is 6.22. The Morgan fingerprint density at radius 2 is 2.31 bits per heavy atom. The maximum Gasteiger partial charge on any atom is 0.0329 e. The summed E-state index contributed by atoms with van der Waals surface area (Å²) in [6.45, 7) is 3.20. The molecule has 0 saturated carbocycles. The average Bonchev–Trinajstić information content (AvgIpc) is 2.29. The van der Waals surface area contributed by atoms with Crippen molar-refractivity contribution in [2.24, 2.45) is 0 Å². The van der Waals surface area contributed by atoms with Gasteiger partial charge in [-0.2, -0.15) is 0 Å². The third-order valence-corrected chi connectivity index (χ3v) is 2.96. The van der Waals surface area contributed by atoms with E-state index in [4.69, 9.17) is 6.42 Å². The molecule has 0 aliphatic rings. The highest BCUT2D eigenvalue weighted by atomic mass is 79.9. The number of benzene rings is 1. The van der Waals surface area contributed by atoms with E-state index < -0.39 is 0 Å². The molecule has 1 nitrogen and oxygen atoms in total. The molecule has 0 aliphatic carbocycles. The highest BCUT2D eigenvalue weighted by molar-refractivity contribution is 9.10. The van der Waals surface area contributed by atoms with Crippen LogP contribution in [0, 0.1) is 12.3 Å². The predicted molar refractivity (Wildman–Crippen MR) is 73.2 cm³/mol. The molecule has 1 rings (SSSR count). The molecule has 0 spiro atoms. The van der Waals surface area contributed by atoms with Crippen LogP contribution < -0.4 is 5.32 Å². The van der Waals surface area contributed by atoms with E-state index in [1.165, 1.54) is 5.56 Å². The number of hydrogen-bond acceptors (Lipinski definition) is 1. The lowest BCUT2D eigenvalue weighted by Crippen LogP contribution is -2.22. The molecule has 0 aliphatic heterocycles. The van der Waals surface area contributed by atoms with Gasteiger partial charge in [-0.3, -0.25) is 0 Å². The molecule has 0 aromatic heterocycles. The summed E-state index contributed by atoms with van der Waals surface area (Å²) in [5.74, 6) is 2.71. The zero-order valence-electron chi connectivity index (χ0n) is 9.67. The van der Waals surface area contributed by atoms with Crippen LogP contribution in [-0.4, -0.2) is 6.54 Å². The van der Waals surface area contributed by atoms with Crippen molar-refractivity contribution < 1.29 is 0 Å². The van der Waals surface area contributed by atoms with Crippen molar-refractivity contribution in [2.75, 3.05) is 6.54 Å². The maximum atomic E-state index is 5.33. The van der Waals surface area contributed by atoms with Crippen LogP contribution in [0.5, 0.6) is 0 Å². The minimum Gasteiger partial charge on any atom is -0.310 e. The van der Waals surface area contributed by atoms with Gasteiger partial charge in [-0.1, -0.05) is 35.0 Å². The van der Waals surface area contributed by atoms with Crippen molar-refractivity contribution in [2.45, 2.75) is 32.2 Å². The fourth-order valence-electron chi connectivity index (χ4n) is 1.66. The van der Waals surface area contributed by atoms with Gasteiger partial charge < -0.3 is 5.32 Å². The van der Waals surface area contributed by atoms with Gasteiger partial charge in [-0.25, -0.2) is 0 Å². The lowest BCUT2D eigenvalue weighted by atomic mass is 10.0. The minimum absolute atomic E-state index is 0.369. The molecule has 0 amide bonds. The Balaban J connectivity index is 2.70. The molecule has 0 heterocycles. The molecular formula is C14H18BrN. The van der Waals surface area contributed by atoms with Crippen molar-refractivity contribution in [1.82, 2.24) is 5.32 Å². The topological polar surface area (TPSA) is 12.0 Å². The lowest BCUT2D eigenvalue weighted by Gasteiger charge is -2.18. The molecule has 86 valence electrons. The first-order valence-electron chi connectivity index (χ1n) is 5.70. The monoisotopic (exact) mass is 279 g/mol. The molecule has 0 radical (unpaired) electrons. The largest absolute Gasteiger partial charge is 0.310 e. The number of nitrogens with one attached hydrogen (secondary N) is 1. The third-order valence-electron chi connectivity index (χ3n) is 2.47. The van der Waals surface area contributed by atoms with Crippen LogP contribution in [0.3, 0.4) is 0 Å². The first-order chi connectivity index (χ1) is 7.77. The Labute approximate surface area is 107 Å². The third kappa shape index (κ3) is 4.38. The highest BCUT2D eigenvalue weighted by Crippen LogP contribution is 2.21. The Hall–Kier alpha value is -0.780. The van der Waals surface area contributed by atoms with Crippen LogP contribution in [0.2, 0.25) is 0 Å². The number of terminal acetylenes is 1. The van der Waals surface area contributed by atoms with Gasteiger partial charge in [0.1, 0.15) is 0 Å². The molecule has 16 heavy (non-hydrogen) atoms. The van der Waals surface area contributed by atoms with E-state index in [-0.39, 0.29) is 0 Å². The fraction of sp³-hybridized carbons (Fsp3) is 0.429. The summed E-state index contributed by atoms with van der Waals surface area (Å²) in [4.78, 5) is 0. The van der Waals surface area contributed by atoms with Crippen molar-refractivity contribution in [3.05, 3.63) is 34.3 Å². The van der Waals surface area contributed by atoms with Crippen molar-refractivity contribution >= 4 is 15.9 Å². The Morgan fingerprint density at radius 1 is 1.50 bits per heavy atom. The molecule has 0 fully saturated rings. The van der Waals surface area contributed by atoms with Gasteiger partial charge >= 0.3 is 0 Å². The van der Waals surface area contributed by atoms with Crippen LogP contribution in [0.25, 0.3) is 0 Å². The smallest absolute Gasteiger partial charge is 0.0329 e. The zero-order chi connectivity index (χ0) is 11.8. The number of hydrogen-bond donors (Lipinski definition) is 1. The van der Waals surface area contributed by atoms with Crippen LogP contribution in [0.4, 0.5) is 0 Å². The first-order valence-corrected chi connectivity index (χ1v) is 6.49. The number of halogens is 1. The summed E-state index contributed by atoms with van der Waals surface area (Å²) >= 11 is 3.50.